The zero-order chi connectivity index (χ0) is 20.4. The molecule has 0 saturated carbocycles. The maximum Gasteiger partial charge on any atom is 0.341 e. The molecule has 2 heterocycles. The van der Waals surface area contributed by atoms with Crippen LogP contribution in [0.3, 0.4) is 0 Å². The third-order valence-electron chi connectivity index (χ3n) is 4.56. The van der Waals surface area contributed by atoms with Crippen molar-refractivity contribution in [2.45, 2.75) is 32.7 Å². The Morgan fingerprint density at radius 2 is 1.93 bits per heavy atom. The highest BCUT2D eigenvalue weighted by Gasteiger charge is 2.21. The van der Waals surface area contributed by atoms with Gasteiger partial charge in [0, 0.05) is 10.3 Å². The Balaban J connectivity index is 1.76. The maximum absolute atomic E-state index is 12.5. The SMILES string of the molecule is COC(=O)c1c(NC(=O)CSc2nc3c(C)cccc3cc2C)sc(C)c1C. The first kappa shape index (κ1) is 20.4. The van der Waals surface area contributed by atoms with E-state index in [-0.39, 0.29) is 11.7 Å². The second-order valence-electron chi connectivity index (χ2n) is 6.57. The molecule has 0 atom stereocenters. The average Bonchev–Trinajstić information content (AvgIpc) is 2.93. The molecule has 146 valence electrons. The number of methoxy groups -OCH3 is 1. The number of hydrogen-bond acceptors (Lipinski definition) is 6. The van der Waals surface area contributed by atoms with Crippen molar-refractivity contribution >= 4 is 50.9 Å². The van der Waals surface area contributed by atoms with E-state index < -0.39 is 5.97 Å². The number of benzene rings is 1. The number of aromatic nitrogens is 1. The van der Waals surface area contributed by atoms with Crippen molar-refractivity contribution in [3.8, 4) is 0 Å². The Morgan fingerprint density at radius 3 is 2.64 bits per heavy atom. The summed E-state index contributed by atoms with van der Waals surface area (Å²) in [6, 6.07) is 8.18. The van der Waals surface area contributed by atoms with Gasteiger partial charge in [-0.15, -0.1) is 11.3 Å². The average molecular weight is 415 g/mol. The molecule has 1 amide bonds. The largest absolute Gasteiger partial charge is 0.465 e. The van der Waals surface area contributed by atoms with Crippen LogP contribution in [0.25, 0.3) is 10.9 Å². The van der Waals surface area contributed by atoms with Crippen molar-refractivity contribution in [1.29, 1.82) is 0 Å². The second kappa shape index (κ2) is 8.32. The van der Waals surface area contributed by atoms with E-state index in [2.05, 4.69) is 11.4 Å². The van der Waals surface area contributed by atoms with E-state index in [4.69, 9.17) is 9.72 Å². The van der Waals surface area contributed by atoms with Crippen molar-refractivity contribution in [2.24, 2.45) is 0 Å². The summed E-state index contributed by atoms with van der Waals surface area (Å²) >= 11 is 2.78. The second-order valence-corrected chi connectivity index (χ2v) is 8.76. The van der Waals surface area contributed by atoms with Crippen molar-refractivity contribution in [1.82, 2.24) is 4.98 Å². The Morgan fingerprint density at radius 1 is 1.18 bits per heavy atom. The summed E-state index contributed by atoms with van der Waals surface area (Å²) < 4.78 is 4.85. The minimum Gasteiger partial charge on any atom is -0.465 e. The molecule has 0 aliphatic carbocycles. The fourth-order valence-electron chi connectivity index (χ4n) is 2.94. The summed E-state index contributed by atoms with van der Waals surface area (Å²) in [4.78, 5) is 30.3. The van der Waals surface area contributed by atoms with Gasteiger partial charge in [-0.1, -0.05) is 30.0 Å². The number of thiophene rings is 1. The van der Waals surface area contributed by atoms with Crippen molar-refractivity contribution < 1.29 is 14.3 Å². The summed E-state index contributed by atoms with van der Waals surface area (Å²) in [6.45, 7) is 7.80. The number of pyridine rings is 1. The molecular weight excluding hydrogens is 392 g/mol. The molecule has 3 aromatic rings. The van der Waals surface area contributed by atoms with Gasteiger partial charge in [-0.25, -0.2) is 9.78 Å². The van der Waals surface area contributed by atoms with Crippen LogP contribution < -0.4 is 5.32 Å². The molecule has 1 aromatic carbocycles. The lowest BCUT2D eigenvalue weighted by Gasteiger charge is -2.09. The molecule has 5 nitrogen and oxygen atoms in total. The highest BCUT2D eigenvalue weighted by atomic mass is 32.2. The Labute approximate surface area is 172 Å². The monoisotopic (exact) mass is 414 g/mol. The molecule has 0 radical (unpaired) electrons. The summed E-state index contributed by atoms with van der Waals surface area (Å²) in [5.41, 5.74) is 4.36. The number of carbonyl (C=O) groups excluding carboxylic acids is 2. The number of esters is 1. The van der Waals surface area contributed by atoms with Crippen molar-refractivity contribution in [3.05, 3.63) is 51.4 Å². The summed E-state index contributed by atoms with van der Waals surface area (Å²) in [7, 11) is 1.34. The van der Waals surface area contributed by atoms with Gasteiger partial charge >= 0.3 is 5.97 Å². The molecule has 2 aromatic heterocycles. The van der Waals surface area contributed by atoms with E-state index >= 15 is 0 Å². The van der Waals surface area contributed by atoms with Crippen LogP contribution in [-0.2, 0) is 9.53 Å². The number of aryl methyl sites for hydroxylation is 3. The van der Waals surface area contributed by atoms with Gasteiger partial charge in [0.1, 0.15) is 10.0 Å². The lowest BCUT2D eigenvalue weighted by atomic mass is 10.1. The number of anilines is 1. The molecular formula is C21H22N2O3S2. The van der Waals surface area contributed by atoms with Crippen LogP contribution in [0.2, 0.25) is 0 Å². The van der Waals surface area contributed by atoms with Crippen molar-refractivity contribution in [2.75, 3.05) is 18.2 Å². The van der Waals surface area contributed by atoms with Gasteiger partial charge in [0.05, 0.1) is 23.9 Å². The van der Waals surface area contributed by atoms with Crippen LogP contribution >= 0.6 is 23.1 Å². The van der Waals surface area contributed by atoms with E-state index in [1.54, 1.807) is 0 Å². The van der Waals surface area contributed by atoms with Crippen LogP contribution in [0.1, 0.15) is 31.9 Å². The van der Waals surface area contributed by atoms with Gasteiger partial charge in [0.25, 0.3) is 0 Å². The van der Waals surface area contributed by atoms with Crippen LogP contribution in [-0.4, -0.2) is 29.7 Å². The number of rotatable bonds is 5. The van der Waals surface area contributed by atoms with E-state index in [1.807, 2.05) is 45.9 Å². The molecule has 1 N–H and O–H groups in total. The number of nitrogens with zero attached hydrogens (tertiary/aromatic N) is 1. The molecule has 0 bridgehead atoms. The fourth-order valence-corrected chi connectivity index (χ4v) is 4.79. The van der Waals surface area contributed by atoms with Crippen LogP contribution in [0.4, 0.5) is 5.00 Å². The highest BCUT2D eigenvalue weighted by Crippen LogP contribution is 2.33. The third-order valence-corrected chi connectivity index (χ3v) is 6.78. The molecule has 3 rings (SSSR count). The summed E-state index contributed by atoms with van der Waals surface area (Å²) in [5.74, 6) is -0.406. The number of fused-ring (bicyclic) bond motifs is 1. The van der Waals surface area contributed by atoms with E-state index in [0.29, 0.717) is 10.6 Å². The first-order chi connectivity index (χ1) is 13.3. The van der Waals surface area contributed by atoms with Crippen LogP contribution in [0.15, 0.2) is 29.3 Å². The van der Waals surface area contributed by atoms with Crippen LogP contribution in [0.5, 0.6) is 0 Å². The zero-order valence-electron chi connectivity index (χ0n) is 16.5. The van der Waals surface area contributed by atoms with E-state index in [9.17, 15) is 9.59 Å². The topological polar surface area (TPSA) is 68.3 Å². The Kier molecular flexibility index (Phi) is 6.05. The predicted octanol–water partition coefficient (Wildman–Crippen LogP) is 5.05. The van der Waals surface area contributed by atoms with Gasteiger partial charge < -0.3 is 10.1 Å². The van der Waals surface area contributed by atoms with Crippen LogP contribution in [0, 0.1) is 27.7 Å². The van der Waals surface area contributed by atoms with Gasteiger partial charge in [-0.05, 0) is 50.5 Å². The number of para-hydroxylation sites is 1. The number of nitrogens with one attached hydrogen (secondary N) is 1. The van der Waals surface area contributed by atoms with Crippen molar-refractivity contribution in [3.63, 3.8) is 0 Å². The number of thioether (sulfide) groups is 1. The molecule has 0 unspecified atom stereocenters. The molecule has 0 aliphatic heterocycles. The third kappa shape index (κ3) is 4.05. The molecule has 0 saturated heterocycles. The van der Waals surface area contributed by atoms with Gasteiger partial charge in [0.15, 0.2) is 0 Å². The predicted molar refractivity (Wildman–Crippen MR) is 116 cm³/mol. The van der Waals surface area contributed by atoms with Gasteiger partial charge in [-0.2, -0.15) is 0 Å². The lowest BCUT2D eigenvalue weighted by Crippen LogP contribution is -2.16. The Hall–Kier alpha value is -2.38. The molecule has 28 heavy (non-hydrogen) atoms. The minimum absolute atomic E-state index is 0.178. The molecule has 7 heteroatoms. The summed E-state index contributed by atoms with van der Waals surface area (Å²) in [6.07, 6.45) is 0. The first-order valence-electron chi connectivity index (χ1n) is 8.79. The quantitative estimate of drug-likeness (QED) is 0.467. The minimum atomic E-state index is -0.438. The number of amides is 1. The normalized spacial score (nSPS) is 10.9. The number of ether oxygens (including phenoxy) is 1. The first-order valence-corrected chi connectivity index (χ1v) is 10.6. The molecule has 0 fully saturated rings. The molecule has 0 aliphatic rings. The molecule has 0 spiro atoms. The Bertz CT molecular complexity index is 1070. The van der Waals surface area contributed by atoms with E-state index in [1.165, 1.54) is 30.2 Å². The maximum atomic E-state index is 12.5. The number of carbonyl (C=O) groups is 2. The van der Waals surface area contributed by atoms with Gasteiger partial charge in [0.2, 0.25) is 5.91 Å². The van der Waals surface area contributed by atoms with Gasteiger partial charge in [-0.3, -0.25) is 4.79 Å². The number of hydrogen-bond donors (Lipinski definition) is 1. The summed E-state index contributed by atoms with van der Waals surface area (Å²) in [5, 5.41) is 5.32. The smallest absolute Gasteiger partial charge is 0.341 e. The lowest BCUT2D eigenvalue weighted by molar-refractivity contribution is -0.113. The standard InChI is InChI=1S/C21H22N2O3S2/c1-11-7-6-8-15-9-12(2)19(23-18(11)15)27-10-16(24)22-20-17(21(25)26-5)13(3)14(4)28-20/h6-9H,10H2,1-5H3,(H,22,24). The van der Waals surface area contributed by atoms with E-state index in [0.717, 1.165) is 37.5 Å². The highest BCUT2D eigenvalue weighted by molar-refractivity contribution is 8.00. The fraction of sp³-hybridized carbons (Fsp3) is 0.286. The zero-order valence-corrected chi connectivity index (χ0v) is 18.1.